The zero-order valence-electron chi connectivity index (χ0n) is 20.5. The van der Waals surface area contributed by atoms with Gasteiger partial charge in [0.25, 0.3) is 0 Å². The van der Waals surface area contributed by atoms with Gasteiger partial charge in [-0.1, -0.05) is 29.8 Å². The molecule has 9 heteroatoms. The second-order valence-electron chi connectivity index (χ2n) is 8.56. The summed E-state index contributed by atoms with van der Waals surface area (Å²) in [6.07, 6.45) is -0.401. The number of aryl methyl sites for hydroxylation is 2. The van der Waals surface area contributed by atoms with Crippen molar-refractivity contribution in [1.29, 1.82) is 0 Å². The number of carbonyl (C=O) groups is 2. The number of urea groups is 1. The Morgan fingerprint density at radius 3 is 2.31 bits per heavy atom. The average molecular weight is 509 g/mol. The van der Waals surface area contributed by atoms with Crippen LogP contribution in [-0.2, 0) is 0 Å². The smallest absolute Gasteiger partial charge is 0.415 e. The highest BCUT2D eigenvalue weighted by Crippen LogP contribution is 2.29. The summed E-state index contributed by atoms with van der Waals surface area (Å²) in [5, 5.41) is 6.09. The molecule has 0 aromatic heterocycles. The largest absolute Gasteiger partial charge is 0.495 e. The molecule has 36 heavy (non-hydrogen) atoms. The summed E-state index contributed by atoms with van der Waals surface area (Å²) in [6.45, 7) is 6.19. The van der Waals surface area contributed by atoms with Crippen LogP contribution in [-0.4, -0.2) is 50.3 Å². The Bertz CT molecular complexity index is 1220. The maximum absolute atomic E-state index is 12.6. The van der Waals surface area contributed by atoms with Gasteiger partial charge in [-0.15, -0.1) is 0 Å². The van der Waals surface area contributed by atoms with Crippen LogP contribution in [0.5, 0.6) is 11.5 Å². The van der Waals surface area contributed by atoms with E-state index in [1.54, 1.807) is 18.1 Å². The number of piperazine rings is 1. The SMILES string of the molecule is COc1ccc(C)cc1NC(=O)Nc1ccc(N2CCN(C(=O)Oc3c(C)cccc3Cl)CC2)cc1. The van der Waals surface area contributed by atoms with E-state index in [0.29, 0.717) is 54.1 Å². The lowest BCUT2D eigenvalue weighted by Crippen LogP contribution is -2.49. The van der Waals surface area contributed by atoms with Crippen molar-refractivity contribution in [2.45, 2.75) is 13.8 Å². The molecular formula is C27H29ClN4O4. The Kier molecular flexibility index (Phi) is 7.85. The molecule has 0 spiro atoms. The van der Waals surface area contributed by atoms with Crippen molar-refractivity contribution in [1.82, 2.24) is 4.90 Å². The van der Waals surface area contributed by atoms with Gasteiger partial charge in [-0.3, -0.25) is 0 Å². The molecule has 1 heterocycles. The number of carbonyl (C=O) groups excluding carboxylic acids is 2. The second-order valence-corrected chi connectivity index (χ2v) is 8.96. The van der Waals surface area contributed by atoms with Gasteiger partial charge in [0, 0.05) is 37.6 Å². The first kappa shape index (κ1) is 25.2. The van der Waals surface area contributed by atoms with E-state index in [-0.39, 0.29) is 6.03 Å². The Labute approximate surface area is 215 Å². The molecule has 0 unspecified atom stereocenters. The summed E-state index contributed by atoms with van der Waals surface area (Å²) in [6, 6.07) is 18.2. The maximum Gasteiger partial charge on any atom is 0.415 e. The van der Waals surface area contributed by atoms with E-state index in [4.69, 9.17) is 21.1 Å². The summed E-state index contributed by atoms with van der Waals surface area (Å²) < 4.78 is 10.9. The number of rotatable bonds is 5. The molecule has 1 saturated heterocycles. The average Bonchev–Trinajstić information content (AvgIpc) is 2.87. The molecular weight excluding hydrogens is 480 g/mol. The van der Waals surface area contributed by atoms with Gasteiger partial charge in [0.15, 0.2) is 5.75 Å². The molecule has 2 N–H and O–H groups in total. The van der Waals surface area contributed by atoms with Gasteiger partial charge in [0.1, 0.15) is 5.75 Å². The van der Waals surface area contributed by atoms with Gasteiger partial charge in [-0.2, -0.15) is 0 Å². The lowest BCUT2D eigenvalue weighted by Gasteiger charge is -2.35. The van der Waals surface area contributed by atoms with Crippen LogP contribution in [0.2, 0.25) is 5.02 Å². The third kappa shape index (κ3) is 6.01. The molecule has 3 aromatic carbocycles. The van der Waals surface area contributed by atoms with Crippen LogP contribution >= 0.6 is 11.6 Å². The quantitative estimate of drug-likeness (QED) is 0.446. The van der Waals surface area contributed by atoms with Gasteiger partial charge in [-0.05, 0) is 67.4 Å². The summed E-state index contributed by atoms with van der Waals surface area (Å²) in [5.41, 5.74) is 4.11. The predicted molar refractivity (Wildman–Crippen MR) is 143 cm³/mol. The van der Waals surface area contributed by atoms with Crippen LogP contribution in [0.15, 0.2) is 60.7 Å². The van der Waals surface area contributed by atoms with E-state index in [2.05, 4.69) is 15.5 Å². The fourth-order valence-corrected chi connectivity index (χ4v) is 4.27. The molecule has 0 atom stereocenters. The number of nitrogens with zero attached hydrogens (tertiary/aromatic N) is 2. The molecule has 1 aliphatic rings. The normalized spacial score (nSPS) is 13.2. The molecule has 4 rings (SSSR count). The number of ether oxygens (including phenoxy) is 2. The van der Waals surface area contributed by atoms with Crippen molar-refractivity contribution in [3.63, 3.8) is 0 Å². The van der Waals surface area contributed by atoms with Crippen molar-refractivity contribution in [3.05, 3.63) is 76.8 Å². The van der Waals surface area contributed by atoms with Crippen molar-refractivity contribution in [2.24, 2.45) is 0 Å². The molecule has 0 saturated carbocycles. The molecule has 3 amide bonds. The third-order valence-corrected chi connectivity index (χ3v) is 6.28. The monoisotopic (exact) mass is 508 g/mol. The van der Waals surface area contributed by atoms with Crippen LogP contribution in [0.1, 0.15) is 11.1 Å². The predicted octanol–water partition coefficient (Wildman–Crippen LogP) is 5.93. The van der Waals surface area contributed by atoms with Gasteiger partial charge < -0.3 is 29.9 Å². The molecule has 1 fully saturated rings. The number of para-hydroxylation sites is 1. The van der Waals surface area contributed by atoms with Crippen molar-refractivity contribution >= 4 is 40.8 Å². The molecule has 8 nitrogen and oxygen atoms in total. The first-order chi connectivity index (χ1) is 17.3. The highest BCUT2D eigenvalue weighted by atomic mass is 35.5. The number of halogens is 1. The van der Waals surface area contributed by atoms with Crippen LogP contribution in [0.4, 0.5) is 26.7 Å². The maximum atomic E-state index is 12.6. The standard InChI is InChI=1S/C27H29ClN4O4/c1-18-7-12-24(35-3)23(17-18)30-26(33)29-20-8-10-21(11-9-20)31-13-15-32(16-14-31)27(34)36-25-19(2)5-4-6-22(25)28/h4-12,17H,13-16H2,1-3H3,(H2,29,30,33). The first-order valence-electron chi connectivity index (χ1n) is 11.6. The molecule has 188 valence electrons. The van der Waals surface area contributed by atoms with E-state index in [9.17, 15) is 9.59 Å². The summed E-state index contributed by atoms with van der Waals surface area (Å²) in [5.74, 6) is 0.996. The van der Waals surface area contributed by atoms with E-state index in [0.717, 1.165) is 16.8 Å². The van der Waals surface area contributed by atoms with Crippen LogP contribution in [0.3, 0.4) is 0 Å². The molecule has 0 bridgehead atoms. The summed E-state index contributed by atoms with van der Waals surface area (Å²) >= 11 is 6.18. The molecule has 0 radical (unpaired) electrons. The number of amides is 3. The highest BCUT2D eigenvalue weighted by Gasteiger charge is 2.24. The minimum absolute atomic E-state index is 0.354. The van der Waals surface area contributed by atoms with Crippen LogP contribution in [0.25, 0.3) is 0 Å². The van der Waals surface area contributed by atoms with Crippen LogP contribution in [0, 0.1) is 13.8 Å². The second kappa shape index (κ2) is 11.2. The molecule has 1 aliphatic heterocycles. The van der Waals surface area contributed by atoms with Gasteiger partial charge in [-0.25, -0.2) is 9.59 Å². The number of benzene rings is 3. The van der Waals surface area contributed by atoms with E-state index in [1.807, 2.05) is 68.4 Å². The number of hydrogen-bond donors (Lipinski definition) is 2. The summed E-state index contributed by atoms with van der Waals surface area (Å²) in [4.78, 5) is 29.0. The Hall–Kier alpha value is -3.91. The van der Waals surface area contributed by atoms with E-state index in [1.165, 1.54) is 0 Å². The van der Waals surface area contributed by atoms with Crippen molar-refractivity contribution < 1.29 is 19.1 Å². The Morgan fingerprint density at radius 2 is 1.64 bits per heavy atom. The lowest BCUT2D eigenvalue weighted by atomic mass is 10.2. The Balaban J connectivity index is 1.29. The van der Waals surface area contributed by atoms with E-state index >= 15 is 0 Å². The summed E-state index contributed by atoms with van der Waals surface area (Å²) in [7, 11) is 1.56. The zero-order chi connectivity index (χ0) is 25.7. The minimum Gasteiger partial charge on any atom is -0.495 e. The van der Waals surface area contributed by atoms with Gasteiger partial charge in [0.05, 0.1) is 17.8 Å². The fraction of sp³-hybridized carbons (Fsp3) is 0.259. The van der Waals surface area contributed by atoms with Gasteiger partial charge in [0.2, 0.25) is 0 Å². The fourth-order valence-electron chi connectivity index (χ4n) is 4.00. The lowest BCUT2D eigenvalue weighted by molar-refractivity contribution is 0.149. The van der Waals surface area contributed by atoms with Gasteiger partial charge >= 0.3 is 12.1 Å². The number of methoxy groups -OCH3 is 1. The molecule has 3 aromatic rings. The molecule has 0 aliphatic carbocycles. The minimum atomic E-state index is -0.401. The number of anilines is 3. The first-order valence-corrected chi connectivity index (χ1v) is 12.0. The van der Waals surface area contributed by atoms with E-state index < -0.39 is 6.09 Å². The highest BCUT2D eigenvalue weighted by molar-refractivity contribution is 6.32. The van der Waals surface area contributed by atoms with Crippen LogP contribution < -0.4 is 25.0 Å². The Morgan fingerprint density at radius 1 is 0.917 bits per heavy atom. The van der Waals surface area contributed by atoms with Crippen molar-refractivity contribution in [3.8, 4) is 11.5 Å². The number of nitrogens with one attached hydrogen (secondary N) is 2. The third-order valence-electron chi connectivity index (χ3n) is 5.98. The zero-order valence-corrected chi connectivity index (χ0v) is 21.3. The number of hydrogen-bond acceptors (Lipinski definition) is 5. The van der Waals surface area contributed by atoms with Crippen molar-refractivity contribution in [2.75, 3.05) is 48.8 Å². The topological polar surface area (TPSA) is 83.1 Å².